The number of aryl methyl sites for hydroxylation is 1. The molecule has 0 radical (unpaired) electrons. The molecule has 84 valence electrons. The van der Waals surface area contributed by atoms with Crippen molar-refractivity contribution in [2.45, 2.75) is 13.3 Å². The first-order valence-electron chi connectivity index (χ1n) is 4.90. The van der Waals surface area contributed by atoms with Gasteiger partial charge in [-0.3, -0.25) is 4.79 Å². The van der Waals surface area contributed by atoms with E-state index < -0.39 is 0 Å². The monoisotopic (exact) mass is 244 g/mol. The number of ether oxygens (including phenoxy) is 1. The lowest BCUT2D eigenvalue weighted by molar-refractivity contribution is -0.143. The molecule has 1 unspecified atom stereocenters. The minimum atomic E-state index is -0.113. The Labute approximate surface area is 99.0 Å². The Hall–Kier alpha value is -0.480. The minimum Gasteiger partial charge on any atom is -0.469 e. The van der Waals surface area contributed by atoms with Gasteiger partial charge in [0.15, 0.2) is 0 Å². The highest BCUT2D eigenvalue weighted by atomic mass is 32.2. The number of thiophene rings is 1. The van der Waals surface area contributed by atoms with E-state index >= 15 is 0 Å². The number of esters is 1. The van der Waals surface area contributed by atoms with E-state index in [1.54, 1.807) is 11.3 Å². The van der Waals surface area contributed by atoms with Crippen molar-refractivity contribution in [3.8, 4) is 0 Å². The van der Waals surface area contributed by atoms with Crippen molar-refractivity contribution >= 4 is 29.1 Å². The maximum Gasteiger partial charge on any atom is 0.309 e. The zero-order valence-corrected chi connectivity index (χ0v) is 10.7. The highest BCUT2D eigenvalue weighted by molar-refractivity contribution is 7.99. The second-order valence-electron chi connectivity index (χ2n) is 3.38. The molecule has 0 aliphatic rings. The Bertz CT molecular complexity index is 283. The van der Waals surface area contributed by atoms with Crippen LogP contribution >= 0.6 is 23.1 Å². The first-order valence-corrected chi connectivity index (χ1v) is 7.00. The number of rotatable bonds is 6. The van der Waals surface area contributed by atoms with E-state index in [0.717, 1.165) is 17.9 Å². The van der Waals surface area contributed by atoms with Crippen LogP contribution in [0.15, 0.2) is 16.8 Å². The summed E-state index contributed by atoms with van der Waals surface area (Å²) in [6, 6.07) is 2.15. The van der Waals surface area contributed by atoms with Crippen LogP contribution in [0.25, 0.3) is 0 Å². The third-order valence-electron chi connectivity index (χ3n) is 2.09. The Kier molecular flexibility index (Phi) is 5.79. The molecule has 0 saturated carbocycles. The highest BCUT2D eigenvalue weighted by Gasteiger charge is 2.12. The van der Waals surface area contributed by atoms with E-state index in [1.807, 2.05) is 18.7 Å². The normalized spacial score (nSPS) is 12.4. The number of methoxy groups -OCH3 is 1. The van der Waals surface area contributed by atoms with Gasteiger partial charge in [-0.25, -0.2) is 0 Å². The molecule has 1 aromatic rings. The van der Waals surface area contributed by atoms with Gasteiger partial charge in [-0.2, -0.15) is 23.1 Å². The van der Waals surface area contributed by atoms with E-state index in [4.69, 9.17) is 0 Å². The van der Waals surface area contributed by atoms with Crippen LogP contribution < -0.4 is 0 Å². The highest BCUT2D eigenvalue weighted by Crippen LogP contribution is 2.13. The zero-order valence-electron chi connectivity index (χ0n) is 9.06. The van der Waals surface area contributed by atoms with Crippen LogP contribution in [0.4, 0.5) is 0 Å². The molecule has 1 atom stereocenters. The zero-order chi connectivity index (χ0) is 11.1. The van der Waals surface area contributed by atoms with Gasteiger partial charge in [-0.15, -0.1) is 0 Å². The number of thioether (sulfide) groups is 1. The van der Waals surface area contributed by atoms with Crippen LogP contribution in [0.1, 0.15) is 12.5 Å². The SMILES string of the molecule is COC(=O)C(C)CSCCc1ccsc1. The predicted molar refractivity (Wildman–Crippen MR) is 66.5 cm³/mol. The van der Waals surface area contributed by atoms with Gasteiger partial charge in [-0.1, -0.05) is 6.92 Å². The van der Waals surface area contributed by atoms with E-state index in [1.165, 1.54) is 12.7 Å². The quantitative estimate of drug-likeness (QED) is 0.568. The van der Waals surface area contributed by atoms with Crippen LogP contribution in [0.3, 0.4) is 0 Å². The molecule has 1 heterocycles. The van der Waals surface area contributed by atoms with Gasteiger partial charge in [0.2, 0.25) is 0 Å². The minimum absolute atomic E-state index is 0.00229. The third-order valence-corrected chi connectivity index (χ3v) is 4.05. The molecule has 0 spiro atoms. The molecule has 0 N–H and O–H groups in total. The summed E-state index contributed by atoms with van der Waals surface area (Å²) < 4.78 is 4.66. The van der Waals surface area contributed by atoms with Crippen molar-refractivity contribution in [2.24, 2.45) is 5.92 Å². The Morgan fingerprint density at radius 2 is 2.47 bits per heavy atom. The number of hydrogen-bond acceptors (Lipinski definition) is 4. The summed E-state index contributed by atoms with van der Waals surface area (Å²) in [6.45, 7) is 1.91. The molecule has 2 nitrogen and oxygen atoms in total. The average Bonchev–Trinajstić information content (AvgIpc) is 2.75. The standard InChI is InChI=1S/C11H16O2S2/c1-9(11(12)13-2)7-14-5-3-10-4-6-15-8-10/h4,6,8-9H,3,5,7H2,1-2H3. The van der Waals surface area contributed by atoms with Gasteiger partial charge in [0.1, 0.15) is 0 Å². The molecular formula is C11H16O2S2. The van der Waals surface area contributed by atoms with Crippen molar-refractivity contribution in [3.05, 3.63) is 22.4 Å². The van der Waals surface area contributed by atoms with Gasteiger partial charge >= 0.3 is 5.97 Å². The Balaban J connectivity index is 2.09. The molecular weight excluding hydrogens is 228 g/mol. The van der Waals surface area contributed by atoms with Crippen LogP contribution in [-0.4, -0.2) is 24.6 Å². The first kappa shape index (κ1) is 12.6. The molecule has 15 heavy (non-hydrogen) atoms. The van der Waals surface area contributed by atoms with Crippen molar-refractivity contribution in [1.29, 1.82) is 0 Å². The summed E-state index contributed by atoms with van der Waals surface area (Å²) in [7, 11) is 1.44. The van der Waals surface area contributed by atoms with Gasteiger partial charge < -0.3 is 4.74 Å². The summed E-state index contributed by atoms with van der Waals surface area (Å²) in [6.07, 6.45) is 1.09. The molecule has 0 aliphatic heterocycles. The van der Waals surface area contributed by atoms with E-state index in [0.29, 0.717) is 0 Å². The molecule has 0 fully saturated rings. The number of carbonyl (C=O) groups excluding carboxylic acids is 1. The van der Waals surface area contributed by atoms with Gasteiger partial charge in [0.25, 0.3) is 0 Å². The summed E-state index contributed by atoms with van der Waals surface area (Å²) in [5.41, 5.74) is 1.39. The molecule has 1 rings (SSSR count). The van der Waals surface area contributed by atoms with E-state index in [-0.39, 0.29) is 11.9 Å². The molecule has 1 aromatic heterocycles. The van der Waals surface area contributed by atoms with Crippen molar-refractivity contribution in [1.82, 2.24) is 0 Å². The molecule has 0 bridgehead atoms. The van der Waals surface area contributed by atoms with Gasteiger partial charge in [0, 0.05) is 5.75 Å². The Morgan fingerprint density at radius 1 is 1.67 bits per heavy atom. The summed E-state index contributed by atoms with van der Waals surface area (Å²) in [5, 5.41) is 4.27. The maximum atomic E-state index is 11.1. The lowest BCUT2D eigenvalue weighted by Crippen LogP contribution is -2.15. The third kappa shape index (κ3) is 4.71. The van der Waals surface area contributed by atoms with Gasteiger partial charge in [0.05, 0.1) is 13.0 Å². The molecule has 4 heteroatoms. The lowest BCUT2D eigenvalue weighted by Gasteiger charge is -2.07. The van der Waals surface area contributed by atoms with Crippen molar-refractivity contribution in [2.75, 3.05) is 18.6 Å². The van der Waals surface area contributed by atoms with Crippen molar-refractivity contribution < 1.29 is 9.53 Å². The fourth-order valence-corrected chi connectivity index (χ4v) is 2.89. The van der Waals surface area contributed by atoms with Crippen LogP contribution in [-0.2, 0) is 16.0 Å². The predicted octanol–water partition coefficient (Wildman–Crippen LogP) is 2.83. The van der Waals surface area contributed by atoms with E-state index in [9.17, 15) is 4.79 Å². The van der Waals surface area contributed by atoms with Crippen LogP contribution in [0, 0.1) is 5.92 Å². The second kappa shape index (κ2) is 6.90. The van der Waals surface area contributed by atoms with Crippen LogP contribution in [0.5, 0.6) is 0 Å². The first-order chi connectivity index (χ1) is 7.24. The lowest BCUT2D eigenvalue weighted by atomic mass is 10.2. The smallest absolute Gasteiger partial charge is 0.309 e. The average molecular weight is 244 g/mol. The molecule has 0 amide bonds. The second-order valence-corrected chi connectivity index (χ2v) is 5.31. The molecule has 0 saturated heterocycles. The van der Waals surface area contributed by atoms with Crippen molar-refractivity contribution in [3.63, 3.8) is 0 Å². The van der Waals surface area contributed by atoms with E-state index in [2.05, 4.69) is 21.6 Å². The van der Waals surface area contributed by atoms with Crippen LogP contribution in [0.2, 0.25) is 0 Å². The maximum absolute atomic E-state index is 11.1. The fraction of sp³-hybridized carbons (Fsp3) is 0.545. The number of hydrogen-bond donors (Lipinski definition) is 0. The molecule has 0 aliphatic carbocycles. The fourth-order valence-electron chi connectivity index (χ4n) is 1.15. The summed E-state index contributed by atoms with van der Waals surface area (Å²) in [4.78, 5) is 11.1. The largest absolute Gasteiger partial charge is 0.469 e. The molecule has 0 aromatic carbocycles. The topological polar surface area (TPSA) is 26.3 Å². The summed E-state index contributed by atoms with van der Waals surface area (Å²) >= 11 is 3.54. The summed E-state index contributed by atoms with van der Waals surface area (Å²) in [5.74, 6) is 1.80. The van der Waals surface area contributed by atoms with Gasteiger partial charge in [-0.05, 0) is 34.6 Å². The Morgan fingerprint density at radius 3 is 3.07 bits per heavy atom. The number of carbonyl (C=O) groups is 1.